The molecule has 1 amide bonds. The van der Waals surface area contributed by atoms with Crippen molar-refractivity contribution in [2.75, 3.05) is 6.54 Å². The van der Waals surface area contributed by atoms with Gasteiger partial charge in [0.1, 0.15) is 5.75 Å². The van der Waals surface area contributed by atoms with Crippen LogP contribution in [-0.4, -0.2) is 27.7 Å². The maximum atomic E-state index is 11.5. The van der Waals surface area contributed by atoms with Gasteiger partial charge in [-0.15, -0.1) is 0 Å². The monoisotopic (exact) mass is 223 g/mol. The fourth-order valence-electron chi connectivity index (χ4n) is 1.73. The van der Waals surface area contributed by atoms with Crippen LogP contribution in [0.15, 0.2) is 24.3 Å². The summed E-state index contributed by atoms with van der Waals surface area (Å²) in [5.74, 6) is 0.404. The SMILES string of the molecule is O=C1CC(S)CN1Cc1ccc(O)cc1. The first-order chi connectivity index (χ1) is 7.15. The van der Waals surface area contributed by atoms with Crippen LogP contribution in [0.1, 0.15) is 12.0 Å². The summed E-state index contributed by atoms with van der Waals surface area (Å²) < 4.78 is 0. The van der Waals surface area contributed by atoms with E-state index in [2.05, 4.69) is 12.6 Å². The van der Waals surface area contributed by atoms with Crippen molar-refractivity contribution in [1.82, 2.24) is 4.90 Å². The Labute approximate surface area is 94.1 Å². The fraction of sp³-hybridized carbons (Fsp3) is 0.364. The van der Waals surface area contributed by atoms with Gasteiger partial charge in [-0.25, -0.2) is 0 Å². The van der Waals surface area contributed by atoms with E-state index in [1.54, 1.807) is 17.0 Å². The van der Waals surface area contributed by atoms with E-state index in [-0.39, 0.29) is 16.9 Å². The molecule has 1 fully saturated rings. The number of phenolic OH excluding ortho intramolecular Hbond substituents is 1. The van der Waals surface area contributed by atoms with E-state index >= 15 is 0 Å². The first-order valence-corrected chi connectivity index (χ1v) is 5.40. The van der Waals surface area contributed by atoms with Gasteiger partial charge in [0.05, 0.1) is 0 Å². The Morgan fingerprint density at radius 1 is 1.40 bits per heavy atom. The van der Waals surface area contributed by atoms with E-state index in [4.69, 9.17) is 5.11 Å². The molecule has 1 N–H and O–H groups in total. The molecule has 0 radical (unpaired) electrons. The van der Waals surface area contributed by atoms with Crippen molar-refractivity contribution >= 4 is 18.5 Å². The molecule has 1 unspecified atom stereocenters. The normalized spacial score (nSPS) is 21.0. The summed E-state index contributed by atoms with van der Waals surface area (Å²) in [6, 6.07) is 6.92. The molecule has 1 aliphatic rings. The number of aromatic hydroxyl groups is 1. The highest BCUT2D eigenvalue weighted by molar-refractivity contribution is 7.81. The van der Waals surface area contributed by atoms with E-state index < -0.39 is 0 Å². The van der Waals surface area contributed by atoms with Gasteiger partial charge in [-0.2, -0.15) is 12.6 Å². The van der Waals surface area contributed by atoms with Crippen molar-refractivity contribution in [3.63, 3.8) is 0 Å². The highest BCUT2D eigenvalue weighted by Gasteiger charge is 2.26. The zero-order valence-corrected chi connectivity index (χ0v) is 9.15. The lowest BCUT2D eigenvalue weighted by atomic mass is 10.2. The van der Waals surface area contributed by atoms with Crippen LogP contribution in [0.2, 0.25) is 0 Å². The third-order valence-electron chi connectivity index (χ3n) is 2.50. The zero-order valence-electron chi connectivity index (χ0n) is 8.26. The van der Waals surface area contributed by atoms with Crippen molar-refractivity contribution in [2.24, 2.45) is 0 Å². The number of amides is 1. The number of benzene rings is 1. The van der Waals surface area contributed by atoms with Crippen LogP contribution in [0, 0.1) is 0 Å². The van der Waals surface area contributed by atoms with Gasteiger partial charge in [0.15, 0.2) is 0 Å². The summed E-state index contributed by atoms with van der Waals surface area (Å²) in [7, 11) is 0. The smallest absolute Gasteiger partial charge is 0.224 e. The maximum absolute atomic E-state index is 11.5. The molecule has 1 aromatic carbocycles. The summed E-state index contributed by atoms with van der Waals surface area (Å²) in [6.07, 6.45) is 0.529. The predicted octanol–water partition coefficient (Wildman–Crippen LogP) is 1.42. The first kappa shape index (κ1) is 10.4. The van der Waals surface area contributed by atoms with Crippen LogP contribution in [0.25, 0.3) is 0 Å². The van der Waals surface area contributed by atoms with E-state index in [1.807, 2.05) is 12.1 Å². The number of thiol groups is 1. The highest BCUT2D eigenvalue weighted by atomic mass is 32.1. The molecule has 1 heterocycles. The minimum absolute atomic E-state index is 0.156. The number of nitrogens with zero attached hydrogens (tertiary/aromatic N) is 1. The molecule has 0 saturated carbocycles. The highest BCUT2D eigenvalue weighted by Crippen LogP contribution is 2.19. The first-order valence-electron chi connectivity index (χ1n) is 4.89. The number of hydrogen-bond donors (Lipinski definition) is 2. The summed E-state index contributed by atoms with van der Waals surface area (Å²) in [5.41, 5.74) is 1.03. The molecule has 0 aliphatic carbocycles. The Bertz CT molecular complexity index is 363. The zero-order chi connectivity index (χ0) is 10.8. The van der Waals surface area contributed by atoms with E-state index in [0.717, 1.165) is 5.56 Å². The lowest BCUT2D eigenvalue weighted by Gasteiger charge is -2.15. The average molecular weight is 223 g/mol. The predicted molar refractivity (Wildman–Crippen MR) is 60.9 cm³/mol. The second-order valence-electron chi connectivity index (χ2n) is 3.80. The summed E-state index contributed by atoms with van der Waals surface area (Å²) >= 11 is 4.29. The number of likely N-dealkylation sites (tertiary alicyclic amines) is 1. The molecule has 80 valence electrons. The Balaban J connectivity index is 2.03. The van der Waals surface area contributed by atoms with Gasteiger partial charge < -0.3 is 10.0 Å². The molecule has 1 atom stereocenters. The Morgan fingerprint density at radius 2 is 2.07 bits per heavy atom. The van der Waals surface area contributed by atoms with E-state index in [9.17, 15) is 4.79 Å². The van der Waals surface area contributed by atoms with Gasteiger partial charge in [0, 0.05) is 24.8 Å². The Morgan fingerprint density at radius 3 is 2.60 bits per heavy atom. The molecule has 2 rings (SSSR count). The molecule has 1 aliphatic heterocycles. The van der Waals surface area contributed by atoms with Gasteiger partial charge >= 0.3 is 0 Å². The second kappa shape index (κ2) is 4.14. The molecular formula is C11H13NO2S. The van der Waals surface area contributed by atoms with Crippen molar-refractivity contribution in [3.05, 3.63) is 29.8 Å². The molecule has 1 saturated heterocycles. The Hall–Kier alpha value is -1.16. The summed E-state index contributed by atoms with van der Waals surface area (Å²) in [6.45, 7) is 1.32. The molecule has 0 spiro atoms. The number of carbonyl (C=O) groups excluding carboxylic acids is 1. The largest absolute Gasteiger partial charge is 0.508 e. The van der Waals surface area contributed by atoms with Crippen LogP contribution in [0.4, 0.5) is 0 Å². The molecule has 1 aromatic rings. The van der Waals surface area contributed by atoms with Gasteiger partial charge in [0.25, 0.3) is 0 Å². The van der Waals surface area contributed by atoms with Crippen molar-refractivity contribution in [3.8, 4) is 5.75 Å². The fourth-order valence-corrected chi connectivity index (χ4v) is 2.08. The maximum Gasteiger partial charge on any atom is 0.224 e. The standard InChI is InChI=1S/C11H13NO2S/c13-9-3-1-8(2-4-9)6-12-7-10(15)5-11(12)14/h1-4,10,13,15H,5-7H2. The second-order valence-corrected chi connectivity index (χ2v) is 4.53. The number of rotatable bonds is 2. The number of phenols is 1. The van der Waals surface area contributed by atoms with Crippen LogP contribution in [0.5, 0.6) is 5.75 Å². The van der Waals surface area contributed by atoms with Gasteiger partial charge in [-0.1, -0.05) is 12.1 Å². The van der Waals surface area contributed by atoms with Crippen LogP contribution in [0.3, 0.4) is 0 Å². The minimum atomic E-state index is 0.156. The lowest BCUT2D eigenvalue weighted by molar-refractivity contribution is -0.128. The third-order valence-corrected chi connectivity index (χ3v) is 2.85. The van der Waals surface area contributed by atoms with Crippen molar-refractivity contribution in [1.29, 1.82) is 0 Å². The third kappa shape index (κ3) is 2.45. The average Bonchev–Trinajstić information content (AvgIpc) is 2.49. The molecule has 0 aromatic heterocycles. The van der Waals surface area contributed by atoms with E-state index in [1.165, 1.54) is 0 Å². The van der Waals surface area contributed by atoms with Crippen LogP contribution < -0.4 is 0 Å². The quantitative estimate of drug-likeness (QED) is 0.744. The number of carbonyl (C=O) groups is 1. The molecule has 15 heavy (non-hydrogen) atoms. The van der Waals surface area contributed by atoms with E-state index in [0.29, 0.717) is 19.5 Å². The Kier molecular flexibility index (Phi) is 2.86. The summed E-state index contributed by atoms with van der Waals surface area (Å²) in [5, 5.41) is 9.28. The van der Waals surface area contributed by atoms with Crippen molar-refractivity contribution in [2.45, 2.75) is 18.2 Å². The van der Waals surface area contributed by atoms with Gasteiger partial charge in [-0.3, -0.25) is 4.79 Å². The number of hydrogen-bond acceptors (Lipinski definition) is 3. The topological polar surface area (TPSA) is 40.5 Å². The van der Waals surface area contributed by atoms with Crippen molar-refractivity contribution < 1.29 is 9.90 Å². The summed E-state index contributed by atoms with van der Waals surface area (Å²) in [4.78, 5) is 13.3. The van der Waals surface area contributed by atoms with Crippen LogP contribution >= 0.6 is 12.6 Å². The lowest BCUT2D eigenvalue weighted by Crippen LogP contribution is -2.24. The minimum Gasteiger partial charge on any atom is -0.508 e. The van der Waals surface area contributed by atoms with Crippen LogP contribution in [-0.2, 0) is 11.3 Å². The molecule has 3 nitrogen and oxygen atoms in total. The van der Waals surface area contributed by atoms with Gasteiger partial charge in [-0.05, 0) is 17.7 Å². The van der Waals surface area contributed by atoms with Gasteiger partial charge in [0.2, 0.25) is 5.91 Å². The molecule has 4 heteroatoms. The molecule has 0 bridgehead atoms. The molecular weight excluding hydrogens is 210 g/mol.